The van der Waals surface area contributed by atoms with Crippen LogP contribution in [-0.4, -0.2) is 12.2 Å². The molecular formula is C12H16O2. The summed E-state index contributed by atoms with van der Waals surface area (Å²) in [5, 5.41) is 9.28. The SMILES string of the molecule is C/C=C/C(C)c1ccc(O)cc1OC. The zero-order valence-corrected chi connectivity index (χ0v) is 8.82. The Kier molecular flexibility index (Phi) is 3.57. The number of phenolic OH excluding ortho intramolecular Hbond substituents is 1. The van der Waals surface area contributed by atoms with E-state index in [-0.39, 0.29) is 5.75 Å². The number of hydrogen-bond donors (Lipinski definition) is 1. The molecule has 0 saturated carbocycles. The summed E-state index contributed by atoms with van der Waals surface area (Å²) in [6, 6.07) is 5.20. The smallest absolute Gasteiger partial charge is 0.126 e. The fourth-order valence-electron chi connectivity index (χ4n) is 1.47. The van der Waals surface area contributed by atoms with E-state index in [4.69, 9.17) is 4.74 Å². The largest absolute Gasteiger partial charge is 0.508 e. The molecule has 1 aromatic carbocycles. The average Bonchev–Trinajstić information content (AvgIpc) is 2.17. The van der Waals surface area contributed by atoms with Crippen molar-refractivity contribution in [3.63, 3.8) is 0 Å². The van der Waals surface area contributed by atoms with E-state index in [1.165, 1.54) is 0 Å². The molecule has 14 heavy (non-hydrogen) atoms. The molecule has 0 amide bonds. The lowest BCUT2D eigenvalue weighted by atomic mass is 9.99. The molecule has 76 valence electrons. The van der Waals surface area contributed by atoms with Gasteiger partial charge in [0.25, 0.3) is 0 Å². The minimum absolute atomic E-state index is 0.235. The van der Waals surface area contributed by atoms with E-state index in [0.29, 0.717) is 5.92 Å². The highest BCUT2D eigenvalue weighted by atomic mass is 16.5. The lowest BCUT2D eigenvalue weighted by Crippen LogP contribution is -1.94. The molecular weight excluding hydrogens is 176 g/mol. The fourth-order valence-corrected chi connectivity index (χ4v) is 1.47. The van der Waals surface area contributed by atoms with Crippen LogP contribution in [-0.2, 0) is 0 Å². The van der Waals surface area contributed by atoms with Gasteiger partial charge in [0, 0.05) is 17.5 Å². The summed E-state index contributed by atoms with van der Waals surface area (Å²) in [6.07, 6.45) is 4.10. The molecule has 0 heterocycles. The Morgan fingerprint density at radius 1 is 1.43 bits per heavy atom. The van der Waals surface area contributed by atoms with Crippen molar-refractivity contribution < 1.29 is 9.84 Å². The summed E-state index contributed by atoms with van der Waals surface area (Å²) in [5.41, 5.74) is 1.09. The van der Waals surface area contributed by atoms with E-state index in [1.54, 1.807) is 19.2 Å². The molecule has 0 fully saturated rings. The molecule has 1 aromatic rings. The average molecular weight is 192 g/mol. The zero-order valence-electron chi connectivity index (χ0n) is 8.82. The third-order valence-electron chi connectivity index (χ3n) is 2.19. The molecule has 1 unspecified atom stereocenters. The van der Waals surface area contributed by atoms with Gasteiger partial charge in [-0.25, -0.2) is 0 Å². The van der Waals surface area contributed by atoms with Gasteiger partial charge >= 0.3 is 0 Å². The van der Waals surface area contributed by atoms with E-state index in [9.17, 15) is 5.11 Å². The predicted octanol–water partition coefficient (Wildman–Crippen LogP) is 3.08. The highest BCUT2D eigenvalue weighted by Gasteiger charge is 2.08. The molecule has 1 N–H and O–H groups in total. The second-order valence-corrected chi connectivity index (χ2v) is 3.24. The van der Waals surface area contributed by atoms with Crippen molar-refractivity contribution in [3.8, 4) is 11.5 Å². The molecule has 0 aliphatic rings. The van der Waals surface area contributed by atoms with E-state index >= 15 is 0 Å². The molecule has 0 aliphatic carbocycles. The van der Waals surface area contributed by atoms with Crippen LogP contribution in [0.25, 0.3) is 0 Å². The van der Waals surface area contributed by atoms with Crippen molar-refractivity contribution in [1.82, 2.24) is 0 Å². The molecule has 0 bridgehead atoms. The quantitative estimate of drug-likeness (QED) is 0.746. The van der Waals surface area contributed by atoms with Crippen LogP contribution in [0.1, 0.15) is 25.3 Å². The molecule has 1 rings (SSSR count). The number of allylic oxidation sites excluding steroid dienone is 2. The molecule has 0 spiro atoms. The van der Waals surface area contributed by atoms with Crippen LogP contribution in [0.3, 0.4) is 0 Å². The summed E-state index contributed by atoms with van der Waals surface area (Å²) in [7, 11) is 1.61. The standard InChI is InChI=1S/C12H16O2/c1-4-5-9(2)11-7-6-10(13)8-12(11)14-3/h4-9,13H,1-3H3/b5-4+. The molecule has 1 atom stereocenters. The van der Waals surface area contributed by atoms with Gasteiger partial charge in [0.1, 0.15) is 11.5 Å². The van der Waals surface area contributed by atoms with Crippen molar-refractivity contribution in [2.24, 2.45) is 0 Å². The Hall–Kier alpha value is -1.44. The summed E-state index contributed by atoms with van der Waals surface area (Å²) < 4.78 is 5.20. The first-order valence-corrected chi connectivity index (χ1v) is 4.68. The van der Waals surface area contributed by atoms with Gasteiger partial charge in [-0.3, -0.25) is 0 Å². The first-order chi connectivity index (χ1) is 6.69. The van der Waals surface area contributed by atoms with Crippen LogP contribution in [0.15, 0.2) is 30.4 Å². The normalized spacial score (nSPS) is 13.1. The van der Waals surface area contributed by atoms with Crippen LogP contribution >= 0.6 is 0 Å². The molecule has 0 saturated heterocycles. The number of phenols is 1. The highest BCUT2D eigenvalue weighted by molar-refractivity contribution is 5.43. The van der Waals surface area contributed by atoms with Crippen molar-refractivity contribution in [2.75, 3.05) is 7.11 Å². The number of rotatable bonds is 3. The third kappa shape index (κ3) is 2.28. The van der Waals surface area contributed by atoms with E-state index in [2.05, 4.69) is 13.0 Å². The molecule has 2 heteroatoms. The van der Waals surface area contributed by atoms with Gasteiger partial charge in [-0.2, -0.15) is 0 Å². The topological polar surface area (TPSA) is 29.5 Å². The van der Waals surface area contributed by atoms with Gasteiger partial charge < -0.3 is 9.84 Å². The Morgan fingerprint density at radius 2 is 2.14 bits per heavy atom. The zero-order chi connectivity index (χ0) is 10.6. The lowest BCUT2D eigenvalue weighted by Gasteiger charge is -2.12. The van der Waals surface area contributed by atoms with Gasteiger partial charge in [0.15, 0.2) is 0 Å². The van der Waals surface area contributed by atoms with E-state index in [0.717, 1.165) is 11.3 Å². The Bertz CT molecular complexity index is 329. The van der Waals surface area contributed by atoms with Gasteiger partial charge in [0.05, 0.1) is 7.11 Å². The van der Waals surface area contributed by atoms with Crippen molar-refractivity contribution in [3.05, 3.63) is 35.9 Å². The van der Waals surface area contributed by atoms with Crippen molar-refractivity contribution in [1.29, 1.82) is 0 Å². The minimum Gasteiger partial charge on any atom is -0.508 e. The lowest BCUT2D eigenvalue weighted by molar-refractivity contribution is 0.402. The van der Waals surface area contributed by atoms with Crippen LogP contribution in [0.2, 0.25) is 0 Å². The Labute approximate surface area is 84.8 Å². The second-order valence-electron chi connectivity index (χ2n) is 3.24. The van der Waals surface area contributed by atoms with Crippen LogP contribution in [0, 0.1) is 0 Å². The molecule has 0 aliphatic heterocycles. The summed E-state index contributed by atoms with van der Waals surface area (Å²) in [5.74, 6) is 1.27. The summed E-state index contributed by atoms with van der Waals surface area (Å²) >= 11 is 0. The summed E-state index contributed by atoms with van der Waals surface area (Å²) in [4.78, 5) is 0. The highest BCUT2D eigenvalue weighted by Crippen LogP contribution is 2.30. The number of hydrogen-bond acceptors (Lipinski definition) is 2. The van der Waals surface area contributed by atoms with Gasteiger partial charge in [-0.15, -0.1) is 0 Å². The fraction of sp³-hybridized carbons (Fsp3) is 0.333. The van der Waals surface area contributed by atoms with Crippen LogP contribution < -0.4 is 4.74 Å². The maximum absolute atomic E-state index is 9.28. The van der Waals surface area contributed by atoms with Crippen LogP contribution in [0.4, 0.5) is 0 Å². The number of methoxy groups -OCH3 is 1. The first kappa shape index (κ1) is 10.6. The molecule has 0 aromatic heterocycles. The third-order valence-corrected chi connectivity index (χ3v) is 2.19. The van der Waals surface area contributed by atoms with E-state index in [1.807, 2.05) is 19.1 Å². The second kappa shape index (κ2) is 4.70. The van der Waals surface area contributed by atoms with E-state index < -0.39 is 0 Å². The monoisotopic (exact) mass is 192 g/mol. The minimum atomic E-state index is 0.235. The van der Waals surface area contributed by atoms with Crippen LogP contribution in [0.5, 0.6) is 11.5 Å². The molecule has 2 nitrogen and oxygen atoms in total. The predicted molar refractivity (Wildman–Crippen MR) is 57.9 cm³/mol. The van der Waals surface area contributed by atoms with Gasteiger partial charge in [0.2, 0.25) is 0 Å². The Morgan fingerprint density at radius 3 is 2.71 bits per heavy atom. The molecule has 0 radical (unpaired) electrons. The van der Waals surface area contributed by atoms with Crippen molar-refractivity contribution in [2.45, 2.75) is 19.8 Å². The summed E-state index contributed by atoms with van der Waals surface area (Å²) in [6.45, 7) is 4.08. The Balaban J connectivity index is 3.07. The van der Waals surface area contributed by atoms with Gasteiger partial charge in [-0.05, 0) is 13.0 Å². The number of aromatic hydroxyl groups is 1. The number of benzene rings is 1. The maximum atomic E-state index is 9.28. The van der Waals surface area contributed by atoms with Gasteiger partial charge in [-0.1, -0.05) is 25.1 Å². The number of ether oxygens (including phenoxy) is 1. The maximum Gasteiger partial charge on any atom is 0.126 e. The first-order valence-electron chi connectivity index (χ1n) is 4.68. The van der Waals surface area contributed by atoms with Crippen molar-refractivity contribution >= 4 is 0 Å².